The molecule has 2 heterocycles. The Balaban J connectivity index is 2.46. The lowest BCUT2D eigenvalue weighted by atomic mass is 10.2. The Morgan fingerprint density at radius 1 is 1.47 bits per heavy atom. The summed E-state index contributed by atoms with van der Waals surface area (Å²) < 4.78 is 8.97. The van der Waals surface area contributed by atoms with Gasteiger partial charge < -0.3 is 9.72 Å². The maximum Gasteiger partial charge on any atom is 0.326 e. The summed E-state index contributed by atoms with van der Waals surface area (Å²) >= 11 is 5.27. The molecule has 1 N–H and O–H groups in total. The standard InChI is InChI=1S/C12H18N4O2S/c1-4-6-8-10-11(15(3)14-8)16(12(19)13-10)7-9(17)18-5-2/h4-7H2,1-3H3,(H,13,19). The van der Waals surface area contributed by atoms with Gasteiger partial charge in [0.05, 0.1) is 12.3 Å². The number of hydrogen-bond donors (Lipinski definition) is 1. The van der Waals surface area contributed by atoms with E-state index < -0.39 is 0 Å². The summed E-state index contributed by atoms with van der Waals surface area (Å²) in [6.45, 7) is 4.36. The minimum absolute atomic E-state index is 0.109. The monoisotopic (exact) mass is 282 g/mol. The highest BCUT2D eigenvalue weighted by Crippen LogP contribution is 2.19. The van der Waals surface area contributed by atoms with Crippen LogP contribution in [0.25, 0.3) is 11.2 Å². The van der Waals surface area contributed by atoms with Crippen molar-refractivity contribution in [2.45, 2.75) is 33.2 Å². The fourth-order valence-corrected chi connectivity index (χ4v) is 2.42. The highest BCUT2D eigenvalue weighted by atomic mass is 32.1. The number of carbonyl (C=O) groups excluding carboxylic acids is 1. The topological polar surface area (TPSA) is 64.8 Å². The van der Waals surface area contributed by atoms with E-state index >= 15 is 0 Å². The van der Waals surface area contributed by atoms with Gasteiger partial charge in [-0.3, -0.25) is 14.0 Å². The van der Waals surface area contributed by atoms with Crippen LogP contribution in [0.2, 0.25) is 0 Å². The number of esters is 1. The summed E-state index contributed by atoms with van der Waals surface area (Å²) in [5.41, 5.74) is 2.73. The second-order valence-corrected chi connectivity index (χ2v) is 4.73. The first-order chi connectivity index (χ1) is 9.08. The molecule has 0 saturated carbocycles. The first-order valence-corrected chi connectivity index (χ1v) is 6.79. The molecule has 0 saturated heterocycles. The van der Waals surface area contributed by atoms with Crippen molar-refractivity contribution in [1.82, 2.24) is 19.3 Å². The molecule has 0 fully saturated rings. The molecule has 104 valence electrons. The van der Waals surface area contributed by atoms with E-state index in [9.17, 15) is 4.79 Å². The molecule has 0 atom stereocenters. The molecule has 2 aromatic rings. The second kappa shape index (κ2) is 5.56. The van der Waals surface area contributed by atoms with E-state index in [0.29, 0.717) is 11.4 Å². The molecule has 0 radical (unpaired) electrons. The molecule has 0 bridgehead atoms. The first-order valence-electron chi connectivity index (χ1n) is 6.38. The van der Waals surface area contributed by atoms with Crippen molar-refractivity contribution in [3.8, 4) is 0 Å². The number of nitrogens with zero attached hydrogens (tertiary/aromatic N) is 3. The van der Waals surface area contributed by atoms with Gasteiger partial charge in [-0.25, -0.2) is 0 Å². The van der Waals surface area contributed by atoms with Crippen molar-refractivity contribution in [2.24, 2.45) is 7.05 Å². The maximum absolute atomic E-state index is 11.6. The molecular formula is C12H18N4O2S. The Kier molecular flexibility index (Phi) is 4.04. The normalized spacial score (nSPS) is 11.1. The van der Waals surface area contributed by atoms with Gasteiger partial charge in [0.2, 0.25) is 0 Å². The van der Waals surface area contributed by atoms with Gasteiger partial charge in [-0.15, -0.1) is 0 Å². The molecule has 6 nitrogen and oxygen atoms in total. The molecule has 0 aliphatic heterocycles. The van der Waals surface area contributed by atoms with Gasteiger partial charge in [0.1, 0.15) is 12.1 Å². The van der Waals surface area contributed by atoms with E-state index in [-0.39, 0.29) is 12.5 Å². The van der Waals surface area contributed by atoms with Gasteiger partial charge in [-0.1, -0.05) is 13.3 Å². The second-order valence-electron chi connectivity index (χ2n) is 4.34. The average molecular weight is 282 g/mol. The van der Waals surface area contributed by atoms with Crippen LogP contribution in [0.5, 0.6) is 0 Å². The Bertz CT molecular complexity index is 653. The molecule has 0 aromatic carbocycles. The van der Waals surface area contributed by atoms with E-state index in [0.717, 1.165) is 29.7 Å². The van der Waals surface area contributed by atoms with Crippen LogP contribution in [0.4, 0.5) is 0 Å². The number of nitrogens with one attached hydrogen (secondary N) is 1. The lowest BCUT2D eigenvalue weighted by molar-refractivity contribution is -0.143. The number of carbonyl (C=O) groups is 1. The summed E-state index contributed by atoms with van der Waals surface area (Å²) in [7, 11) is 1.85. The van der Waals surface area contributed by atoms with Crippen molar-refractivity contribution < 1.29 is 9.53 Å². The predicted molar refractivity (Wildman–Crippen MR) is 74.5 cm³/mol. The molecule has 0 unspecified atom stereocenters. The molecule has 2 aromatic heterocycles. The van der Waals surface area contributed by atoms with Crippen LogP contribution in [0.3, 0.4) is 0 Å². The number of hydrogen-bond acceptors (Lipinski definition) is 4. The van der Waals surface area contributed by atoms with Crippen molar-refractivity contribution >= 4 is 29.4 Å². The van der Waals surface area contributed by atoms with E-state index in [4.69, 9.17) is 17.0 Å². The summed E-state index contributed by atoms with van der Waals surface area (Å²) in [4.78, 5) is 14.8. The van der Waals surface area contributed by atoms with Crippen LogP contribution in [-0.4, -0.2) is 31.9 Å². The minimum atomic E-state index is -0.294. The van der Waals surface area contributed by atoms with Crippen LogP contribution in [0.15, 0.2) is 0 Å². The third-order valence-electron chi connectivity index (χ3n) is 2.90. The number of H-pyrrole nitrogens is 1. The molecule has 0 aliphatic carbocycles. The summed E-state index contributed by atoms with van der Waals surface area (Å²) in [5, 5.41) is 4.46. The molecule has 0 aliphatic rings. The van der Waals surface area contributed by atoms with Crippen molar-refractivity contribution in [3.05, 3.63) is 10.5 Å². The van der Waals surface area contributed by atoms with Gasteiger partial charge in [-0.05, 0) is 25.6 Å². The van der Waals surface area contributed by atoms with Crippen LogP contribution in [0, 0.1) is 4.77 Å². The highest BCUT2D eigenvalue weighted by molar-refractivity contribution is 7.71. The third-order valence-corrected chi connectivity index (χ3v) is 3.22. The van der Waals surface area contributed by atoms with Gasteiger partial charge in [0.15, 0.2) is 10.4 Å². The van der Waals surface area contributed by atoms with Gasteiger partial charge in [0, 0.05) is 7.05 Å². The van der Waals surface area contributed by atoms with Crippen LogP contribution >= 0.6 is 12.2 Å². The molecular weight excluding hydrogens is 264 g/mol. The van der Waals surface area contributed by atoms with Gasteiger partial charge in [0.25, 0.3) is 0 Å². The van der Waals surface area contributed by atoms with Gasteiger partial charge in [-0.2, -0.15) is 5.10 Å². The quantitative estimate of drug-likeness (QED) is 0.672. The number of ether oxygens (including phenoxy) is 1. The maximum atomic E-state index is 11.6. The van der Waals surface area contributed by atoms with Gasteiger partial charge >= 0.3 is 5.97 Å². The number of rotatable bonds is 5. The number of aryl methyl sites for hydroxylation is 2. The zero-order valence-electron chi connectivity index (χ0n) is 11.4. The molecule has 2 rings (SSSR count). The zero-order valence-corrected chi connectivity index (χ0v) is 12.2. The SMILES string of the molecule is CCCc1nn(C)c2c1[nH]c(=S)n2CC(=O)OCC. The molecule has 7 heteroatoms. The Labute approximate surface area is 116 Å². The number of fused-ring (bicyclic) bond motifs is 1. The Morgan fingerprint density at radius 3 is 2.84 bits per heavy atom. The van der Waals surface area contributed by atoms with Crippen LogP contribution in [-0.2, 0) is 29.5 Å². The van der Waals surface area contributed by atoms with E-state index in [1.807, 2.05) is 7.05 Å². The first kappa shape index (κ1) is 13.8. The highest BCUT2D eigenvalue weighted by Gasteiger charge is 2.16. The molecule has 0 spiro atoms. The fraction of sp³-hybridized carbons (Fsp3) is 0.583. The zero-order chi connectivity index (χ0) is 14.0. The molecule has 0 amide bonds. The van der Waals surface area contributed by atoms with E-state index in [2.05, 4.69) is 17.0 Å². The van der Waals surface area contributed by atoms with Crippen molar-refractivity contribution in [1.29, 1.82) is 0 Å². The van der Waals surface area contributed by atoms with Crippen molar-refractivity contribution in [3.63, 3.8) is 0 Å². The minimum Gasteiger partial charge on any atom is -0.465 e. The number of aromatic nitrogens is 4. The van der Waals surface area contributed by atoms with E-state index in [1.165, 1.54) is 0 Å². The lowest BCUT2D eigenvalue weighted by Crippen LogP contribution is -2.14. The smallest absolute Gasteiger partial charge is 0.326 e. The van der Waals surface area contributed by atoms with Crippen LogP contribution < -0.4 is 0 Å². The summed E-state index contributed by atoms with van der Waals surface area (Å²) in [6, 6.07) is 0. The van der Waals surface area contributed by atoms with Crippen LogP contribution in [0.1, 0.15) is 26.0 Å². The van der Waals surface area contributed by atoms with Crippen molar-refractivity contribution in [2.75, 3.05) is 6.61 Å². The van der Waals surface area contributed by atoms with E-state index in [1.54, 1.807) is 16.2 Å². The largest absolute Gasteiger partial charge is 0.465 e. The number of imidazole rings is 1. The molecule has 19 heavy (non-hydrogen) atoms. The number of aromatic amines is 1. The third kappa shape index (κ3) is 2.56. The Hall–Kier alpha value is -1.63. The predicted octanol–water partition coefficient (Wildman–Crippen LogP) is 1.95. The fourth-order valence-electron chi connectivity index (χ4n) is 2.17. The Morgan fingerprint density at radius 2 is 2.21 bits per heavy atom. The summed E-state index contributed by atoms with van der Waals surface area (Å²) in [6.07, 6.45) is 1.89. The lowest BCUT2D eigenvalue weighted by Gasteiger charge is -2.04. The summed E-state index contributed by atoms with van der Waals surface area (Å²) in [5.74, 6) is -0.294. The average Bonchev–Trinajstić information content (AvgIpc) is 2.81.